The summed E-state index contributed by atoms with van der Waals surface area (Å²) in [6.45, 7) is 2.02. The van der Waals surface area contributed by atoms with Gasteiger partial charge >= 0.3 is 0 Å². The fourth-order valence-corrected chi connectivity index (χ4v) is 4.01. The van der Waals surface area contributed by atoms with E-state index in [9.17, 15) is 0 Å². The molecule has 0 aliphatic rings. The lowest BCUT2D eigenvalue weighted by molar-refractivity contribution is 0.528. The van der Waals surface area contributed by atoms with Crippen molar-refractivity contribution < 1.29 is 4.42 Å². The van der Waals surface area contributed by atoms with E-state index in [1.165, 1.54) is 10.6 Å². The Hall–Kier alpha value is -1.99. The van der Waals surface area contributed by atoms with Crippen molar-refractivity contribution in [1.82, 2.24) is 10.2 Å². The van der Waals surface area contributed by atoms with Crippen LogP contribution in [0.25, 0.3) is 0 Å². The third-order valence-corrected chi connectivity index (χ3v) is 5.17. The summed E-state index contributed by atoms with van der Waals surface area (Å²) in [6, 6.07) is 20.7. The fraction of sp³-hybridized carbons (Fsp3) is 0.125. The molecule has 3 rings (SSSR count). The molecule has 0 spiro atoms. The highest BCUT2D eigenvalue weighted by atomic mass is 31.1. The number of aryl methyl sites for hydroxylation is 1. The van der Waals surface area contributed by atoms with Gasteiger partial charge in [-0.05, 0) is 10.6 Å². The molecule has 2 aromatic carbocycles. The maximum atomic E-state index is 5.81. The van der Waals surface area contributed by atoms with Crippen LogP contribution in [0.2, 0.25) is 0 Å². The summed E-state index contributed by atoms with van der Waals surface area (Å²) in [6.07, 6.45) is 0.764. The zero-order valence-electron chi connectivity index (χ0n) is 11.2. The van der Waals surface area contributed by atoms with E-state index in [1.807, 2.05) is 43.3 Å². The largest absolute Gasteiger partial charge is 0.421 e. The zero-order valence-corrected chi connectivity index (χ0v) is 12.1. The van der Waals surface area contributed by atoms with E-state index < -0.39 is 7.92 Å². The van der Waals surface area contributed by atoms with Crippen LogP contribution in [-0.2, 0) is 6.42 Å². The Kier molecular flexibility index (Phi) is 3.89. The van der Waals surface area contributed by atoms with Gasteiger partial charge in [-0.2, -0.15) is 0 Å². The maximum Gasteiger partial charge on any atom is 0.246 e. The molecule has 0 saturated heterocycles. The van der Waals surface area contributed by atoms with Crippen molar-refractivity contribution in [2.45, 2.75) is 13.3 Å². The van der Waals surface area contributed by atoms with E-state index in [-0.39, 0.29) is 0 Å². The summed E-state index contributed by atoms with van der Waals surface area (Å²) in [5, 5.41) is 10.8. The first kappa shape index (κ1) is 13.0. The monoisotopic (exact) mass is 282 g/mol. The smallest absolute Gasteiger partial charge is 0.246 e. The van der Waals surface area contributed by atoms with Gasteiger partial charge < -0.3 is 4.42 Å². The highest BCUT2D eigenvalue weighted by molar-refractivity contribution is 7.79. The normalized spacial score (nSPS) is 10.9. The zero-order chi connectivity index (χ0) is 13.8. The minimum Gasteiger partial charge on any atom is -0.421 e. The van der Waals surface area contributed by atoms with Crippen LogP contribution in [0.4, 0.5) is 0 Å². The predicted octanol–water partition coefficient (Wildman–Crippen LogP) is 2.39. The van der Waals surface area contributed by atoms with E-state index in [0.717, 1.165) is 6.42 Å². The van der Waals surface area contributed by atoms with Gasteiger partial charge in [-0.25, -0.2) is 0 Å². The van der Waals surface area contributed by atoms with Gasteiger partial charge in [0.25, 0.3) is 0 Å². The van der Waals surface area contributed by atoms with Crippen molar-refractivity contribution in [1.29, 1.82) is 0 Å². The van der Waals surface area contributed by atoms with Gasteiger partial charge in [0, 0.05) is 14.3 Å². The molecule has 0 aliphatic heterocycles. The Bertz CT molecular complexity index is 628. The Balaban J connectivity index is 2.09. The molecule has 0 radical (unpaired) electrons. The molecular weight excluding hydrogens is 267 g/mol. The van der Waals surface area contributed by atoms with Gasteiger partial charge in [-0.15, -0.1) is 10.2 Å². The van der Waals surface area contributed by atoms with Crippen molar-refractivity contribution in [2.24, 2.45) is 0 Å². The molecule has 0 bridgehead atoms. The van der Waals surface area contributed by atoms with E-state index in [0.29, 0.717) is 11.5 Å². The van der Waals surface area contributed by atoms with E-state index in [2.05, 4.69) is 34.5 Å². The Labute approximate surface area is 119 Å². The molecule has 0 amide bonds. The van der Waals surface area contributed by atoms with Crippen molar-refractivity contribution in [3.63, 3.8) is 0 Å². The summed E-state index contributed by atoms with van der Waals surface area (Å²) >= 11 is 0. The molecule has 0 saturated carbocycles. The number of hydrogen-bond acceptors (Lipinski definition) is 3. The Morgan fingerprint density at radius 1 is 0.850 bits per heavy atom. The van der Waals surface area contributed by atoms with Crippen LogP contribution < -0.4 is 16.2 Å². The highest BCUT2D eigenvalue weighted by Gasteiger charge is 2.22. The second-order valence-electron chi connectivity index (χ2n) is 4.34. The van der Waals surface area contributed by atoms with Gasteiger partial charge in [0.1, 0.15) is 0 Å². The molecule has 0 fully saturated rings. The number of benzene rings is 2. The van der Waals surface area contributed by atoms with Crippen molar-refractivity contribution in [3.05, 3.63) is 66.6 Å². The summed E-state index contributed by atoms with van der Waals surface area (Å²) in [4.78, 5) is 0. The number of aromatic nitrogens is 2. The third kappa shape index (κ3) is 2.63. The quantitative estimate of drug-likeness (QED) is 0.690. The molecule has 0 N–H and O–H groups in total. The van der Waals surface area contributed by atoms with Crippen molar-refractivity contribution >= 4 is 24.2 Å². The molecule has 0 unspecified atom stereocenters. The summed E-state index contributed by atoms with van der Waals surface area (Å²) in [5.41, 5.74) is 0.717. The lowest BCUT2D eigenvalue weighted by Crippen LogP contribution is -2.21. The minimum absolute atomic E-state index is 0.694. The summed E-state index contributed by atoms with van der Waals surface area (Å²) < 4.78 is 5.81. The van der Waals surface area contributed by atoms with Crippen LogP contribution >= 0.6 is 7.92 Å². The van der Waals surface area contributed by atoms with E-state index in [1.54, 1.807) is 0 Å². The van der Waals surface area contributed by atoms with Crippen LogP contribution in [0.3, 0.4) is 0 Å². The average Bonchev–Trinajstić information content (AvgIpc) is 2.98. The molecule has 1 heterocycles. The topological polar surface area (TPSA) is 38.9 Å². The first-order valence-corrected chi connectivity index (χ1v) is 7.95. The Morgan fingerprint density at radius 3 is 1.85 bits per heavy atom. The standard InChI is InChI=1S/C16H15N2OP/c1-2-15-17-18-16(19-15)20(13-9-5-3-6-10-13)14-11-7-4-8-12-14/h3-12H,2H2,1H3. The molecule has 0 atom stereocenters. The van der Waals surface area contributed by atoms with Crippen LogP contribution in [0.5, 0.6) is 0 Å². The molecule has 4 heteroatoms. The fourth-order valence-electron chi connectivity index (χ4n) is 2.00. The van der Waals surface area contributed by atoms with E-state index in [4.69, 9.17) is 4.42 Å². The molecule has 3 aromatic rings. The molecule has 3 nitrogen and oxygen atoms in total. The SMILES string of the molecule is CCc1nnc(P(c2ccccc2)c2ccccc2)o1. The maximum absolute atomic E-state index is 5.81. The highest BCUT2D eigenvalue weighted by Crippen LogP contribution is 2.31. The van der Waals surface area contributed by atoms with Gasteiger partial charge in [0.15, 0.2) is 0 Å². The second kappa shape index (κ2) is 5.98. The van der Waals surface area contributed by atoms with Crippen molar-refractivity contribution in [3.8, 4) is 0 Å². The van der Waals surface area contributed by atoms with Gasteiger partial charge in [-0.3, -0.25) is 0 Å². The number of hydrogen-bond donors (Lipinski definition) is 0. The molecule has 100 valence electrons. The lowest BCUT2D eigenvalue weighted by atomic mass is 10.4. The van der Waals surface area contributed by atoms with Gasteiger partial charge in [0.2, 0.25) is 11.5 Å². The molecular formula is C16H15N2OP. The van der Waals surface area contributed by atoms with Gasteiger partial charge in [0.05, 0.1) is 0 Å². The van der Waals surface area contributed by atoms with Crippen LogP contribution in [0, 0.1) is 0 Å². The Morgan fingerprint density at radius 2 is 1.40 bits per heavy atom. The average molecular weight is 282 g/mol. The van der Waals surface area contributed by atoms with Crippen LogP contribution in [-0.4, -0.2) is 10.2 Å². The first-order valence-electron chi connectivity index (χ1n) is 6.61. The predicted molar refractivity (Wildman–Crippen MR) is 82.4 cm³/mol. The molecule has 0 aliphatic carbocycles. The van der Waals surface area contributed by atoms with E-state index >= 15 is 0 Å². The lowest BCUT2D eigenvalue weighted by Gasteiger charge is -2.13. The van der Waals surface area contributed by atoms with Crippen LogP contribution in [0.15, 0.2) is 65.1 Å². The molecule has 20 heavy (non-hydrogen) atoms. The summed E-state index contributed by atoms with van der Waals surface area (Å²) in [5.74, 6) is 0.694. The summed E-state index contributed by atoms with van der Waals surface area (Å²) in [7, 11) is -0.771. The second-order valence-corrected chi connectivity index (χ2v) is 6.42. The van der Waals surface area contributed by atoms with Gasteiger partial charge in [-0.1, -0.05) is 67.6 Å². The minimum atomic E-state index is -0.771. The number of nitrogens with zero attached hydrogens (tertiary/aromatic N) is 2. The molecule has 1 aromatic heterocycles. The number of rotatable bonds is 4. The van der Waals surface area contributed by atoms with Crippen LogP contribution in [0.1, 0.15) is 12.8 Å². The van der Waals surface area contributed by atoms with Crippen molar-refractivity contribution in [2.75, 3.05) is 0 Å². The first-order chi connectivity index (χ1) is 9.88. The third-order valence-electron chi connectivity index (χ3n) is 2.98.